The van der Waals surface area contributed by atoms with Crippen molar-refractivity contribution in [2.45, 2.75) is 26.2 Å². The first-order chi connectivity index (χ1) is 7.15. The van der Waals surface area contributed by atoms with Gasteiger partial charge < -0.3 is 4.90 Å². The predicted octanol–water partition coefficient (Wildman–Crippen LogP) is 4.23. The Bertz CT molecular complexity index is 315. The van der Waals surface area contributed by atoms with E-state index in [-0.39, 0.29) is 0 Å². The van der Waals surface area contributed by atoms with Crippen LogP contribution in [0.15, 0.2) is 21.2 Å². The van der Waals surface area contributed by atoms with Gasteiger partial charge in [-0.1, -0.05) is 19.8 Å². The van der Waals surface area contributed by atoms with Crippen LogP contribution in [0.2, 0.25) is 0 Å². The zero-order valence-corrected chi connectivity index (χ0v) is 12.3. The van der Waals surface area contributed by atoms with Crippen LogP contribution in [-0.4, -0.2) is 18.6 Å². The Labute approximate surface area is 108 Å². The van der Waals surface area contributed by atoms with Gasteiger partial charge in [-0.15, -0.1) is 0 Å². The van der Waals surface area contributed by atoms with Crippen molar-refractivity contribution in [3.8, 4) is 0 Å². The van der Waals surface area contributed by atoms with E-state index >= 15 is 0 Å². The van der Waals surface area contributed by atoms with Crippen molar-refractivity contribution in [1.82, 2.24) is 4.98 Å². The lowest BCUT2D eigenvalue weighted by Crippen LogP contribution is -2.20. The highest BCUT2D eigenvalue weighted by molar-refractivity contribution is 9.11. The van der Waals surface area contributed by atoms with Crippen LogP contribution >= 0.6 is 31.9 Å². The molecule has 0 radical (unpaired) electrons. The lowest BCUT2D eigenvalue weighted by molar-refractivity contribution is 0.700. The zero-order chi connectivity index (χ0) is 11.3. The largest absolute Gasteiger partial charge is 0.359 e. The summed E-state index contributed by atoms with van der Waals surface area (Å²) in [7, 11) is 2.08. The number of pyridine rings is 1. The SMILES string of the molecule is CCCCCN(C)c1ncc(Br)cc1Br. The molecular weight excluding hydrogens is 320 g/mol. The van der Waals surface area contributed by atoms with E-state index in [0.717, 1.165) is 21.3 Å². The Morgan fingerprint density at radius 1 is 1.33 bits per heavy atom. The highest BCUT2D eigenvalue weighted by Crippen LogP contribution is 2.26. The minimum atomic E-state index is 1.00. The average Bonchev–Trinajstić information content (AvgIpc) is 2.17. The number of rotatable bonds is 5. The fraction of sp³-hybridized carbons (Fsp3) is 0.545. The van der Waals surface area contributed by atoms with E-state index in [1.165, 1.54) is 19.3 Å². The summed E-state index contributed by atoms with van der Waals surface area (Å²) in [6, 6.07) is 2.03. The highest BCUT2D eigenvalue weighted by Gasteiger charge is 2.06. The molecule has 0 saturated carbocycles. The number of aromatic nitrogens is 1. The summed E-state index contributed by atoms with van der Waals surface area (Å²) < 4.78 is 2.04. The van der Waals surface area contributed by atoms with Crippen molar-refractivity contribution >= 4 is 37.7 Å². The molecule has 0 aliphatic carbocycles. The van der Waals surface area contributed by atoms with Crippen molar-refractivity contribution in [2.24, 2.45) is 0 Å². The molecule has 0 aromatic carbocycles. The lowest BCUT2D eigenvalue weighted by Gasteiger charge is -2.19. The normalized spacial score (nSPS) is 10.4. The molecule has 84 valence electrons. The molecule has 0 N–H and O–H groups in total. The second kappa shape index (κ2) is 6.48. The van der Waals surface area contributed by atoms with E-state index in [9.17, 15) is 0 Å². The maximum atomic E-state index is 4.39. The minimum absolute atomic E-state index is 1.00. The Hall–Kier alpha value is -0.0900. The van der Waals surface area contributed by atoms with Crippen LogP contribution in [0.1, 0.15) is 26.2 Å². The molecule has 1 aromatic rings. The van der Waals surface area contributed by atoms with Crippen molar-refractivity contribution in [3.05, 3.63) is 21.2 Å². The molecule has 0 spiro atoms. The quantitative estimate of drug-likeness (QED) is 0.748. The molecular formula is C11H16Br2N2. The molecule has 0 unspecified atom stereocenters. The van der Waals surface area contributed by atoms with Crippen molar-refractivity contribution in [1.29, 1.82) is 0 Å². The molecule has 0 aliphatic rings. The second-order valence-electron chi connectivity index (χ2n) is 3.59. The van der Waals surface area contributed by atoms with Crippen molar-refractivity contribution in [3.63, 3.8) is 0 Å². The fourth-order valence-corrected chi connectivity index (χ4v) is 2.68. The summed E-state index contributed by atoms with van der Waals surface area (Å²) in [5, 5.41) is 0. The smallest absolute Gasteiger partial charge is 0.142 e. The van der Waals surface area contributed by atoms with Crippen LogP contribution in [0.3, 0.4) is 0 Å². The van der Waals surface area contributed by atoms with E-state index in [4.69, 9.17) is 0 Å². The third kappa shape index (κ3) is 4.11. The lowest BCUT2D eigenvalue weighted by atomic mass is 10.2. The third-order valence-electron chi connectivity index (χ3n) is 2.25. The molecule has 0 bridgehead atoms. The maximum absolute atomic E-state index is 4.39. The summed E-state index contributed by atoms with van der Waals surface area (Å²) in [6.07, 6.45) is 5.58. The Kier molecular flexibility index (Phi) is 5.61. The second-order valence-corrected chi connectivity index (χ2v) is 5.36. The Morgan fingerprint density at radius 3 is 2.67 bits per heavy atom. The first-order valence-corrected chi connectivity index (χ1v) is 6.76. The summed E-state index contributed by atoms with van der Waals surface area (Å²) in [5.41, 5.74) is 0. The monoisotopic (exact) mass is 334 g/mol. The molecule has 15 heavy (non-hydrogen) atoms. The van der Waals surface area contributed by atoms with E-state index in [1.807, 2.05) is 12.3 Å². The van der Waals surface area contributed by atoms with Gasteiger partial charge in [-0.25, -0.2) is 4.98 Å². The molecule has 0 saturated heterocycles. The molecule has 1 aromatic heterocycles. The summed E-state index contributed by atoms with van der Waals surface area (Å²) in [5.74, 6) is 1.01. The molecule has 1 rings (SSSR count). The van der Waals surface area contributed by atoms with Gasteiger partial charge in [0.15, 0.2) is 0 Å². The van der Waals surface area contributed by atoms with Crippen LogP contribution in [0.5, 0.6) is 0 Å². The minimum Gasteiger partial charge on any atom is -0.359 e. The van der Waals surface area contributed by atoms with Gasteiger partial charge in [0, 0.05) is 24.3 Å². The number of anilines is 1. The Morgan fingerprint density at radius 2 is 2.07 bits per heavy atom. The van der Waals surface area contributed by atoms with E-state index in [1.54, 1.807) is 0 Å². The van der Waals surface area contributed by atoms with Gasteiger partial charge in [0.2, 0.25) is 0 Å². The molecule has 0 fully saturated rings. The van der Waals surface area contributed by atoms with Gasteiger partial charge >= 0.3 is 0 Å². The van der Waals surface area contributed by atoms with Crippen LogP contribution in [0.4, 0.5) is 5.82 Å². The number of hydrogen-bond acceptors (Lipinski definition) is 2. The van der Waals surface area contributed by atoms with Crippen LogP contribution in [-0.2, 0) is 0 Å². The van der Waals surface area contributed by atoms with Gasteiger partial charge in [0.25, 0.3) is 0 Å². The van der Waals surface area contributed by atoms with Gasteiger partial charge in [-0.2, -0.15) is 0 Å². The number of hydrogen-bond donors (Lipinski definition) is 0. The predicted molar refractivity (Wildman–Crippen MR) is 72.4 cm³/mol. The highest BCUT2D eigenvalue weighted by atomic mass is 79.9. The molecule has 0 aliphatic heterocycles. The van der Waals surface area contributed by atoms with Gasteiger partial charge in [0.05, 0.1) is 4.47 Å². The van der Waals surface area contributed by atoms with Crippen LogP contribution < -0.4 is 4.90 Å². The third-order valence-corrected chi connectivity index (χ3v) is 3.26. The topological polar surface area (TPSA) is 16.1 Å². The summed E-state index contributed by atoms with van der Waals surface area (Å²) in [4.78, 5) is 6.58. The Balaban J connectivity index is 2.61. The summed E-state index contributed by atoms with van der Waals surface area (Å²) in [6.45, 7) is 3.27. The molecule has 1 heterocycles. The van der Waals surface area contributed by atoms with Gasteiger partial charge in [0.1, 0.15) is 5.82 Å². The number of unbranched alkanes of at least 4 members (excludes halogenated alkanes) is 2. The first-order valence-electron chi connectivity index (χ1n) is 5.17. The molecule has 4 heteroatoms. The number of nitrogens with zero attached hydrogens (tertiary/aromatic N) is 2. The summed E-state index contributed by atoms with van der Waals surface area (Å²) >= 11 is 6.92. The van der Waals surface area contributed by atoms with Gasteiger partial charge in [-0.3, -0.25) is 0 Å². The molecule has 0 atom stereocenters. The zero-order valence-electron chi connectivity index (χ0n) is 9.13. The fourth-order valence-electron chi connectivity index (χ4n) is 1.39. The van der Waals surface area contributed by atoms with Crippen LogP contribution in [0, 0.1) is 0 Å². The number of halogens is 2. The van der Waals surface area contributed by atoms with Crippen molar-refractivity contribution < 1.29 is 0 Å². The molecule has 0 amide bonds. The van der Waals surface area contributed by atoms with Crippen LogP contribution in [0.25, 0.3) is 0 Å². The first kappa shape index (κ1) is 13.0. The van der Waals surface area contributed by atoms with E-state index in [0.29, 0.717) is 0 Å². The maximum Gasteiger partial charge on any atom is 0.142 e. The van der Waals surface area contributed by atoms with Crippen molar-refractivity contribution in [2.75, 3.05) is 18.5 Å². The standard InChI is InChI=1S/C11H16Br2N2/c1-3-4-5-6-15(2)11-10(13)7-9(12)8-14-11/h7-8H,3-6H2,1-2H3. The van der Waals surface area contributed by atoms with Gasteiger partial charge in [-0.05, 0) is 44.3 Å². The molecule has 2 nitrogen and oxygen atoms in total. The average molecular weight is 336 g/mol. The van der Waals surface area contributed by atoms with E-state index < -0.39 is 0 Å². The van der Waals surface area contributed by atoms with E-state index in [2.05, 4.69) is 55.7 Å².